The van der Waals surface area contributed by atoms with Crippen LogP contribution >= 0.6 is 0 Å². The van der Waals surface area contributed by atoms with Crippen molar-refractivity contribution in [2.24, 2.45) is 11.7 Å². The van der Waals surface area contributed by atoms with Crippen LogP contribution in [0.4, 0.5) is 4.79 Å². The first-order valence-corrected chi connectivity index (χ1v) is 5.48. The fraction of sp³-hybridized carbons (Fsp3) is 0.900. The normalized spacial score (nSPS) is 19.1. The summed E-state index contributed by atoms with van der Waals surface area (Å²) in [4.78, 5) is 13.5. The maximum atomic E-state index is 11.8. The Morgan fingerprint density at radius 1 is 1.47 bits per heavy atom. The summed E-state index contributed by atoms with van der Waals surface area (Å²) in [5.74, 6) is 0.361. The maximum Gasteiger partial charge on any atom is 0.317 e. The third-order valence-electron chi connectivity index (χ3n) is 2.67. The Morgan fingerprint density at radius 2 is 2.07 bits per heavy atom. The average molecular weight is 215 g/mol. The van der Waals surface area contributed by atoms with Gasteiger partial charge in [0.1, 0.15) is 0 Å². The van der Waals surface area contributed by atoms with Crippen molar-refractivity contribution in [2.45, 2.75) is 19.9 Å². The molecule has 5 nitrogen and oxygen atoms in total. The van der Waals surface area contributed by atoms with Gasteiger partial charge in [0.2, 0.25) is 0 Å². The Kier molecular flexibility index (Phi) is 4.84. The van der Waals surface area contributed by atoms with Gasteiger partial charge < -0.3 is 20.7 Å². The number of hydrogen-bond donors (Lipinski definition) is 2. The molecule has 0 aromatic heterocycles. The Morgan fingerprint density at radius 3 is 2.53 bits per heavy atom. The van der Waals surface area contributed by atoms with E-state index in [1.165, 1.54) is 0 Å². The van der Waals surface area contributed by atoms with Crippen LogP contribution in [-0.4, -0.2) is 49.8 Å². The summed E-state index contributed by atoms with van der Waals surface area (Å²) in [5.41, 5.74) is 5.59. The fourth-order valence-corrected chi connectivity index (χ4v) is 1.51. The van der Waals surface area contributed by atoms with Crippen molar-refractivity contribution >= 4 is 6.03 Å². The number of carbonyl (C=O) groups is 1. The molecule has 0 aromatic rings. The molecule has 0 radical (unpaired) electrons. The molecule has 0 saturated carbocycles. The number of ether oxygens (including phenoxy) is 1. The molecule has 5 heteroatoms. The zero-order valence-electron chi connectivity index (χ0n) is 9.53. The van der Waals surface area contributed by atoms with Gasteiger partial charge >= 0.3 is 6.03 Å². The van der Waals surface area contributed by atoms with Gasteiger partial charge in [-0.25, -0.2) is 4.79 Å². The second-order valence-electron chi connectivity index (χ2n) is 4.14. The van der Waals surface area contributed by atoms with Crippen LogP contribution in [0.5, 0.6) is 0 Å². The summed E-state index contributed by atoms with van der Waals surface area (Å²) < 4.78 is 5.18. The largest absolute Gasteiger partial charge is 0.378 e. The zero-order chi connectivity index (χ0) is 11.3. The fourth-order valence-electron chi connectivity index (χ4n) is 1.51. The first-order chi connectivity index (χ1) is 7.15. The van der Waals surface area contributed by atoms with Crippen LogP contribution in [0.25, 0.3) is 0 Å². The van der Waals surface area contributed by atoms with Gasteiger partial charge in [-0.05, 0) is 5.92 Å². The van der Waals surface area contributed by atoms with E-state index in [9.17, 15) is 4.79 Å². The van der Waals surface area contributed by atoms with E-state index in [1.54, 1.807) is 4.90 Å². The Balaban J connectivity index is 2.38. The first kappa shape index (κ1) is 12.3. The van der Waals surface area contributed by atoms with E-state index in [0.29, 0.717) is 38.8 Å². The van der Waals surface area contributed by atoms with E-state index < -0.39 is 0 Å². The lowest BCUT2D eigenvalue weighted by molar-refractivity contribution is 0.0521. The first-order valence-electron chi connectivity index (χ1n) is 5.48. The number of urea groups is 1. The SMILES string of the molecule is CC(C)C(CN)NC(=O)N1CCOCC1. The van der Waals surface area contributed by atoms with Crippen molar-refractivity contribution in [1.29, 1.82) is 0 Å². The topological polar surface area (TPSA) is 67.6 Å². The Hall–Kier alpha value is -0.810. The van der Waals surface area contributed by atoms with Crippen molar-refractivity contribution in [1.82, 2.24) is 10.2 Å². The van der Waals surface area contributed by atoms with Crippen molar-refractivity contribution < 1.29 is 9.53 Å². The highest BCUT2D eigenvalue weighted by Crippen LogP contribution is 2.02. The number of carbonyl (C=O) groups excluding carboxylic acids is 1. The highest BCUT2D eigenvalue weighted by atomic mass is 16.5. The second kappa shape index (κ2) is 5.92. The quantitative estimate of drug-likeness (QED) is 0.697. The summed E-state index contributed by atoms with van der Waals surface area (Å²) in [6.07, 6.45) is 0. The number of nitrogens with one attached hydrogen (secondary N) is 1. The molecule has 1 saturated heterocycles. The van der Waals surface area contributed by atoms with Crippen LogP contribution in [0.15, 0.2) is 0 Å². The number of morpholine rings is 1. The van der Waals surface area contributed by atoms with Crippen LogP contribution < -0.4 is 11.1 Å². The van der Waals surface area contributed by atoms with Crippen molar-refractivity contribution in [3.8, 4) is 0 Å². The number of hydrogen-bond acceptors (Lipinski definition) is 3. The van der Waals surface area contributed by atoms with E-state index in [4.69, 9.17) is 10.5 Å². The third kappa shape index (κ3) is 3.68. The third-order valence-corrected chi connectivity index (χ3v) is 2.67. The number of nitrogens with zero attached hydrogens (tertiary/aromatic N) is 1. The van der Waals surface area contributed by atoms with Gasteiger partial charge in [-0.3, -0.25) is 0 Å². The van der Waals surface area contributed by atoms with E-state index in [2.05, 4.69) is 19.2 Å². The predicted molar refractivity (Wildman–Crippen MR) is 58.6 cm³/mol. The smallest absolute Gasteiger partial charge is 0.317 e. The molecular formula is C10H21N3O2. The van der Waals surface area contributed by atoms with Crippen LogP contribution in [-0.2, 0) is 4.74 Å². The summed E-state index contributed by atoms with van der Waals surface area (Å²) >= 11 is 0. The van der Waals surface area contributed by atoms with Gasteiger partial charge in [0.05, 0.1) is 13.2 Å². The van der Waals surface area contributed by atoms with Crippen molar-refractivity contribution in [2.75, 3.05) is 32.8 Å². The molecule has 1 unspecified atom stereocenters. The van der Waals surface area contributed by atoms with Crippen molar-refractivity contribution in [3.05, 3.63) is 0 Å². The monoisotopic (exact) mass is 215 g/mol. The molecule has 88 valence electrons. The van der Waals surface area contributed by atoms with Crippen molar-refractivity contribution in [3.63, 3.8) is 0 Å². The summed E-state index contributed by atoms with van der Waals surface area (Å²) in [7, 11) is 0. The van der Waals surface area contributed by atoms with Crippen LogP contribution in [0.1, 0.15) is 13.8 Å². The van der Waals surface area contributed by atoms with Gasteiger partial charge in [-0.1, -0.05) is 13.8 Å². The highest BCUT2D eigenvalue weighted by Gasteiger charge is 2.20. The lowest BCUT2D eigenvalue weighted by Gasteiger charge is -2.30. The number of amides is 2. The molecule has 0 spiro atoms. The van der Waals surface area contributed by atoms with Crippen LogP contribution in [0, 0.1) is 5.92 Å². The minimum atomic E-state index is -0.0255. The van der Waals surface area contributed by atoms with Crippen LogP contribution in [0.3, 0.4) is 0 Å². The number of nitrogens with two attached hydrogens (primary N) is 1. The van der Waals surface area contributed by atoms with E-state index in [-0.39, 0.29) is 12.1 Å². The molecule has 0 aromatic carbocycles. The molecule has 2 amide bonds. The molecule has 0 aliphatic carbocycles. The molecule has 1 atom stereocenters. The van der Waals surface area contributed by atoms with Gasteiger partial charge in [0.15, 0.2) is 0 Å². The average Bonchev–Trinajstić information content (AvgIpc) is 2.26. The molecule has 3 N–H and O–H groups in total. The maximum absolute atomic E-state index is 11.8. The molecular weight excluding hydrogens is 194 g/mol. The molecule has 1 heterocycles. The number of rotatable bonds is 3. The van der Waals surface area contributed by atoms with Gasteiger partial charge in [0.25, 0.3) is 0 Å². The molecule has 15 heavy (non-hydrogen) atoms. The summed E-state index contributed by atoms with van der Waals surface area (Å²) in [6, 6.07) is 0.0304. The van der Waals surface area contributed by atoms with Gasteiger partial charge in [-0.15, -0.1) is 0 Å². The van der Waals surface area contributed by atoms with E-state index in [1.807, 2.05) is 0 Å². The zero-order valence-corrected chi connectivity index (χ0v) is 9.53. The lowest BCUT2D eigenvalue weighted by Crippen LogP contribution is -2.52. The van der Waals surface area contributed by atoms with E-state index in [0.717, 1.165) is 0 Å². The Bertz CT molecular complexity index is 203. The molecule has 1 fully saturated rings. The summed E-state index contributed by atoms with van der Waals surface area (Å²) in [5, 5.41) is 2.94. The lowest BCUT2D eigenvalue weighted by atomic mass is 10.1. The molecule has 1 aliphatic heterocycles. The second-order valence-corrected chi connectivity index (χ2v) is 4.14. The van der Waals surface area contributed by atoms with E-state index >= 15 is 0 Å². The minimum absolute atomic E-state index is 0.0255. The van der Waals surface area contributed by atoms with Gasteiger partial charge in [-0.2, -0.15) is 0 Å². The molecule has 1 aliphatic rings. The summed E-state index contributed by atoms with van der Waals surface area (Å²) in [6.45, 7) is 7.18. The predicted octanol–water partition coefficient (Wildman–Crippen LogP) is 0.0115. The van der Waals surface area contributed by atoms with Gasteiger partial charge in [0, 0.05) is 25.7 Å². The minimum Gasteiger partial charge on any atom is -0.378 e. The van der Waals surface area contributed by atoms with Crippen LogP contribution in [0.2, 0.25) is 0 Å². The molecule has 0 bridgehead atoms. The highest BCUT2D eigenvalue weighted by molar-refractivity contribution is 5.74. The Labute approximate surface area is 90.9 Å². The molecule has 1 rings (SSSR count). The standard InChI is InChI=1S/C10H21N3O2/c1-8(2)9(7-11)12-10(14)13-3-5-15-6-4-13/h8-9H,3-7,11H2,1-2H3,(H,12,14).